The first-order valence-electron chi connectivity index (χ1n) is 7.48. The van der Waals surface area contributed by atoms with Gasteiger partial charge in [-0.15, -0.1) is 5.10 Å². The fourth-order valence-electron chi connectivity index (χ4n) is 2.07. The Bertz CT molecular complexity index is 718. The van der Waals surface area contributed by atoms with Crippen LogP contribution in [0.2, 0.25) is 0 Å². The lowest BCUT2D eigenvalue weighted by molar-refractivity contribution is 0.0690. The molecule has 0 aliphatic carbocycles. The van der Waals surface area contributed by atoms with Gasteiger partial charge in [0.1, 0.15) is 11.8 Å². The minimum atomic E-state index is -1.15. The Morgan fingerprint density at radius 2 is 2.22 bits per heavy atom. The number of aromatic nitrogens is 3. The van der Waals surface area contributed by atoms with Crippen molar-refractivity contribution < 1.29 is 14.6 Å². The van der Waals surface area contributed by atoms with Crippen molar-refractivity contribution in [2.75, 3.05) is 6.61 Å². The molecule has 2 aromatic rings. The number of nitrogens with zero attached hydrogens (tertiary/aromatic N) is 4. The van der Waals surface area contributed by atoms with E-state index in [4.69, 9.17) is 9.84 Å². The standard InChI is InChI=1S/C16H18N4O3/c1-2-3-4-5-8-23-15-7-6-13(9-12(15)10-17)20-11-14(16(21)22)18-19-20/h6-7,9,11H,2-5,8H2,1H3,(H,21,22). The summed E-state index contributed by atoms with van der Waals surface area (Å²) >= 11 is 0. The van der Waals surface area contributed by atoms with Gasteiger partial charge in [-0.2, -0.15) is 5.26 Å². The third-order valence-electron chi connectivity index (χ3n) is 3.32. The molecule has 7 heteroatoms. The molecular formula is C16H18N4O3. The number of carboxylic acids is 1. The molecule has 0 unspecified atom stereocenters. The number of ether oxygens (including phenoxy) is 1. The van der Waals surface area contributed by atoms with E-state index >= 15 is 0 Å². The van der Waals surface area contributed by atoms with Crippen LogP contribution < -0.4 is 4.74 Å². The SMILES string of the molecule is CCCCCCOc1ccc(-n2cc(C(=O)O)nn2)cc1C#N. The van der Waals surface area contributed by atoms with Crippen LogP contribution in [0.3, 0.4) is 0 Å². The van der Waals surface area contributed by atoms with E-state index in [1.54, 1.807) is 18.2 Å². The topological polar surface area (TPSA) is 101 Å². The second-order valence-electron chi connectivity index (χ2n) is 5.05. The van der Waals surface area contributed by atoms with Gasteiger partial charge in [0, 0.05) is 0 Å². The summed E-state index contributed by atoms with van der Waals surface area (Å²) in [5, 5.41) is 25.4. The highest BCUT2D eigenvalue weighted by Gasteiger charge is 2.11. The first-order valence-corrected chi connectivity index (χ1v) is 7.48. The van der Waals surface area contributed by atoms with E-state index in [9.17, 15) is 10.1 Å². The van der Waals surface area contributed by atoms with E-state index in [1.807, 2.05) is 0 Å². The number of hydrogen-bond acceptors (Lipinski definition) is 5. The van der Waals surface area contributed by atoms with Crippen molar-refractivity contribution >= 4 is 5.97 Å². The molecule has 0 bridgehead atoms. The maximum Gasteiger partial charge on any atom is 0.358 e. The molecule has 2 rings (SSSR count). The Labute approximate surface area is 134 Å². The zero-order chi connectivity index (χ0) is 16.7. The van der Waals surface area contributed by atoms with Gasteiger partial charge in [0.15, 0.2) is 5.69 Å². The molecule has 1 heterocycles. The number of benzene rings is 1. The average molecular weight is 314 g/mol. The number of carbonyl (C=O) groups is 1. The third-order valence-corrected chi connectivity index (χ3v) is 3.32. The predicted octanol–water partition coefficient (Wildman–Crippen LogP) is 2.80. The summed E-state index contributed by atoms with van der Waals surface area (Å²) in [5.41, 5.74) is 0.782. The lowest BCUT2D eigenvalue weighted by Crippen LogP contribution is -2.01. The summed E-state index contributed by atoms with van der Waals surface area (Å²) in [5.74, 6) is -0.630. The number of rotatable bonds is 8. The Kier molecular flexibility index (Phi) is 5.69. The first kappa shape index (κ1) is 16.5. The summed E-state index contributed by atoms with van der Waals surface area (Å²) in [7, 11) is 0. The molecule has 0 radical (unpaired) electrons. The third kappa shape index (κ3) is 4.30. The largest absolute Gasteiger partial charge is 0.492 e. The average Bonchev–Trinajstić information content (AvgIpc) is 3.05. The van der Waals surface area contributed by atoms with Gasteiger partial charge in [0.05, 0.1) is 24.1 Å². The van der Waals surface area contributed by atoms with Crippen molar-refractivity contribution in [2.45, 2.75) is 32.6 Å². The van der Waals surface area contributed by atoms with E-state index < -0.39 is 5.97 Å². The van der Waals surface area contributed by atoms with Crippen LogP contribution in [0.5, 0.6) is 5.75 Å². The maximum absolute atomic E-state index is 10.8. The molecule has 0 atom stereocenters. The number of hydrogen-bond donors (Lipinski definition) is 1. The zero-order valence-corrected chi connectivity index (χ0v) is 12.9. The molecule has 0 saturated heterocycles. The first-order chi connectivity index (χ1) is 11.2. The van der Waals surface area contributed by atoms with Crippen molar-refractivity contribution in [3.05, 3.63) is 35.7 Å². The number of aromatic carboxylic acids is 1. The normalized spacial score (nSPS) is 10.3. The Hall–Kier alpha value is -2.88. The summed E-state index contributed by atoms with van der Waals surface area (Å²) in [6.45, 7) is 2.72. The van der Waals surface area contributed by atoms with Gasteiger partial charge in [-0.05, 0) is 24.6 Å². The molecule has 1 N–H and O–H groups in total. The summed E-state index contributed by atoms with van der Waals surface area (Å²) in [6.07, 6.45) is 5.68. The van der Waals surface area contributed by atoms with E-state index in [0.717, 1.165) is 19.3 Å². The molecule has 0 fully saturated rings. The van der Waals surface area contributed by atoms with Gasteiger partial charge in [-0.3, -0.25) is 0 Å². The highest BCUT2D eigenvalue weighted by molar-refractivity contribution is 5.84. The van der Waals surface area contributed by atoms with Crippen LogP contribution in [0.25, 0.3) is 5.69 Å². The molecule has 7 nitrogen and oxygen atoms in total. The summed E-state index contributed by atoms with van der Waals surface area (Å²) in [6, 6.07) is 7.08. The highest BCUT2D eigenvalue weighted by Crippen LogP contribution is 2.21. The fourth-order valence-corrected chi connectivity index (χ4v) is 2.07. The Balaban J connectivity index is 2.09. The minimum absolute atomic E-state index is 0.153. The van der Waals surface area contributed by atoms with Crippen LogP contribution in [-0.4, -0.2) is 32.7 Å². The van der Waals surface area contributed by atoms with E-state index in [-0.39, 0.29) is 5.69 Å². The molecule has 23 heavy (non-hydrogen) atoms. The fraction of sp³-hybridized carbons (Fsp3) is 0.375. The van der Waals surface area contributed by atoms with Gasteiger partial charge >= 0.3 is 5.97 Å². The van der Waals surface area contributed by atoms with Gasteiger partial charge in [-0.1, -0.05) is 31.4 Å². The second-order valence-corrected chi connectivity index (χ2v) is 5.05. The smallest absolute Gasteiger partial charge is 0.358 e. The van der Waals surface area contributed by atoms with Crippen LogP contribution in [0.4, 0.5) is 0 Å². The van der Waals surface area contributed by atoms with Gasteiger partial charge in [0.25, 0.3) is 0 Å². The predicted molar refractivity (Wildman–Crippen MR) is 82.7 cm³/mol. The van der Waals surface area contributed by atoms with Crippen LogP contribution >= 0.6 is 0 Å². The number of nitriles is 1. The molecular weight excluding hydrogens is 296 g/mol. The maximum atomic E-state index is 10.8. The monoisotopic (exact) mass is 314 g/mol. The Morgan fingerprint density at radius 1 is 1.39 bits per heavy atom. The molecule has 0 aliphatic rings. The van der Waals surface area contributed by atoms with E-state index in [0.29, 0.717) is 23.6 Å². The minimum Gasteiger partial charge on any atom is -0.492 e. The number of unbranched alkanes of at least 4 members (excludes halogenated alkanes) is 3. The van der Waals surface area contributed by atoms with Gasteiger partial charge < -0.3 is 9.84 Å². The van der Waals surface area contributed by atoms with E-state index in [1.165, 1.54) is 17.3 Å². The highest BCUT2D eigenvalue weighted by atomic mass is 16.5. The molecule has 120 valence electrons. The number of carboxylic acid groups (broad SMARTS) is 1. The molecule has 1 aromatic heterocycles. The van der Waals surface area contributed by atoms with Crippen LogP contribution in [0.15, 0.2) is 24.4 Å². The zero-order valence-electron chi connectivity index (χ0n) is 12.9. The van der Waals surface area contributed by atoms with Crippen molar-refractivity contribution in [1.82, 2.24) is 15.0 Å². The van der Waals surface area contributed by atoms with Gasteiger partial charge in [0.2, 0.25) is 0 Å². The van der Waals surface area contributed by atoms with Crippen molar-refractivity contribution in [3.8, 4) is 17.5 Å². The second kappa shape index (κ2) is 7.94. The van der Waals surface area contributed by atoms with Crippen LogP contribution in [0.1, 0.15) is 48.7 Å². The van der Waals surface area contributed by atoms with Crippen molar-refractivity contribution in [1.29, 1.82) is 5.26 Å². The molecule has 0 amide bonds. The lowest BCUT2D eigenvalue weighted by atomic mass is 10.2. The van der Waals surface area contributed by atoms with Crippen molar-refractivity contribution in [2.24, 2.45) is 0 Å². The summed E-state index contributed by atoms with van der Waals surface area (Å²) < 4.78 is 6.96. The van der Waals surface area contributed by atoms with Crippen LogP contribution in [0, 0.1) is 11.3 Å². The van der Waals surface area contributed by atoms with E-state index in [2.05, 4.69) is 23.3 Å². The summed E-state index contributed by atoms with van der Waals surface area (Å²) in [4.78, 5) is 10.8. The van der Waals surface area contributed by atoms with Gasteiger partial charge in [-0.25, -0.2) is 9.48 Å². The molecule has 1 aromatic carbocycles. The molecule has 0 spiro atoms. The Morgan fingerprint density at radius 3 is 2.87 bits per heavy atom. The molecule has 0 saturated carbocycles. The van der Waals surface area contributed by atoms with Crippen molar-refractivity contribution in [3.63, 3.8) is 0 Å². The quantitative estimate of drug-likeness (QED) is 0.752. The lowest BCUT2D eigenvalue weighted by Gasteiger charge is -2.09. The van der Waals surface area contributed by atoms with Crippen LogP contribution in [-0.2, 0) is 0 Å². The molecule has 0 aliphatic heterocycles.